The van der Waals surface area contributed by atoms with Gasteiger partial charge in [0.25, 0.3) is 0 Å². The fourth-order valence-corrected chi connectivity index (χ4v) is 3.31. The number of hydrogen-bond donors (Lipinski definition) is 1. The van der Waals surface area contributed by atoms with Crippen LogP contribution in [0.2, 0.25) is 0 Å². The molecule has 1 amide bonds. The summed E-state index contributed by atoms with van der Waals surface area (Å²) in [4.78, 5) is 14.8. The highest BCUT2D eigenvalue weighted by Crippen LogP contribution is 2.34. The predicted molar refractivity (Wildman–Crippen MR) is 84.0 cm³/mol. The topological polar surface area (TPSA) is 64.8 Å². The Hall–Kier alpha value is -0.650. The maximum atomic E-state index is 12.9. The largest absolute Gasteiger partial charge is 0.383 e. The molecule has 0 radical (unpaired) electrons. The summed E-state index contributed by atoms with van der Waals surface area (Å²) in [6.45, 7) is 8.06. The molecule has 5 nitrogen and oxygen atoms in total. The standard InChI is InChI=1S/C16H32N2O3/c1-11-8-12(2)15(17)9-14(11)16(19)18(6-7-20-4)13(3)10-21-5/h11-15H,6-10,17H2,1-5H3. The summed E-state index contributed by atoms with van der Waals surface area (Å²) in [7, 11) is 3.32. The van der Waals surface area contributed by atoms with Crippen LogP contribution in [0.15, 0.2) is 0 Å². The van der Waals surface area contributed by atoms with Gasteiger partial charge in [0.2, 0.25) is 5.91 Å². The molecule has 0 aromatic heterocycles. The predicted octanol–water partition coefficient (Wildman–Crippen LogP) is 1.51. The number of methoxy groups -OCH3 is 2. The quantitative estimate of drug-likeness (QED) is 0.774. The Morgan fingerprint density at radius 1 is 1.24 bits per heavy atom. The zero-order valence-corrected chi connectivity index (χ0v) is 14.2. The van der Waals surface area contributed by atoms with E-state index in [0.717, 1.165) is 12.8 Å². The first-order valence-electron chi connectivity index (χ1n) is 7.96. The molecule has 1 aliphatic rings. The zero-order chi connectivity index (χ0) is 16.0. The SMILES string of the molecule is COCCN(C(=O)C1CC(N)C(C)CC1C)C(C)COC. The molecule has 21 heavy (non-hydrogen) atoms. The number of rotatable bonds is 7. The lowest BCUT2D eigenvalue weighted by molar-refractivity contribution is -0.143. The van der Waals surface area contributed by atoms with E-state index >= 15 is 0 Å². The fourth-order valence-electron chi connectivity index (χ4n) is 3.31. The third-order valence-electron chi connectivity index (χ3n) is 4.76. The summed E-state index contributed by atoms with van der Waals surface area (Å²) in [5.74, 6) is 1.10. The van der Waals surface area contributed by atoms with E-state index in [0.29, 0.717) is 31.6 Å². The molecule has 1 rings (SSSR count). The number of carbonyl (C=O) groups excluding carboxylic acids is 1. The van der Waals surface area contributed by atoms with Crippen molar-refractivity contribution in [1.29, 1.82) is 0 Å². The van der Waals surface area contributed by atoms with Crippen LogP contribution in [0.5, 0.6) is 0 Å². The van der Waals surface area contributed by atoms with Crippen LogP contribution in [-0.4, -0.2) is 56.9 Å². The second-order valence-electron chi connectivity index (χ2n) is 6.53. The van der Waals surface area contributed by atoms with E-state index in [4.69, 9.17) is 15.2 Å². The molecule has 1 fully saturated rings. The van der Waals surface area contributed by atoms with Crippen molar-refractivity contribution in [2.24, 2.45) is 23.5 Å². The maximum Gasteiger partial charge on any atom is 0.226 e. The van der Waals surface area contributed by atoms with Crippen molar-refractivity contribution in [2.45, 2.75) is 45.7 Å². The van der Waals surface area contributed by atoms with Crippen LogP contribution in [-0.2, 0) is 14.3 Å². The van der Waals surface area contributed by atoms with Gasteiger partial charge in [-0.05, 0) is 31.6 Å². The third kappa shape index (κ3) is 4.94. The minimum Gasteiger partial charge on any atom is -0.383 e. The first-order valence-corrected chi connectivity index (χ1v) is 7.96. The van der Waals surface area contributed by atoms with Gasteiger partial charge in [0.1, 0.15) is 0 Å². The van der Waals surface area contributed by atoms with Crippen molar-refractivity contribution in [3.8, 4) is 0 Å². The van der Waals surface area contributed by atoms with Gasteiger partial charge in [-0.15, -0.1) is 0 Å². The van der Waals surface area contributed by atoms with E-state index in [1.165, 1.54) is 0 Å². The van der Waals surface area contributed by atoms with Crippen molar-refractivity contribution < 1.29 is 14.3 Å². The van der Waals surface area contributed by atoms with Crippen LogP contribution in [0.1, 0.15) is 33.6 Å². The lowest BCUT2D eigenvalue weighted by Gasteiger charge is -2.40. The number of ether oxygens (including phenoxy) is 2. The molecule has 5 atom stereocenters. The van der Waals surface area contributed by atoms with Crippen LogP contribution in [0, 0.1) is 17.8 Å². The number of nitrogens with two attached hydrogens (primary N) is 1. The summed E-state index contributed by atoms with van der Waals surface area (Å²) in [6.07, 6.45) is 1.80. The average molecular weight is 300 g/mol. The van der Waals surface area contributed by atoms with Crippen molar-refractivity contribution in [2.75, 3.05) is 34.0 Å². The summed E-state index contributed by atoms with van der Waals surface area (Å²) < 4.78 is 10.4. The van der Waals surface area contributed by atoms with Crippen molar-refractivity contribution in [1.82, 2.24) is 4.90 Å². The lowest BCUT2D eigenvalue weighted by atomic mass is 9.72. The Kier molecular flexibility index (Phi) is 7.63. The maximum absolute atomic E-state index is 12.9. The molecule has 1 aliphatic carbocycles. The van der Waals surface area contributed by atoms with E-state index in [2.05, 4.69) is 13.8 Å². The Morgan fingerprint density at radius 2 is 1.90 bits per heavy atom. The first-order chi connectivity index (χ1) is 9.92. The highest BCUT2D eigenvalue weighted by atomic mass is 16.5. The molecule has 0 bridgehead atoms. The van der Waals surface area contributed by atoms with Crippen molar-refractivity contribution in [3.63, 3.8) is 0 Å². The minimum absolute atomic E-state index is 0.0207. The molecule has 124 valence electrons. The molecule has 0 heterocycles. The van der Waals surface area contributed by atoms with Gasteiger partial charge in [0.05, 0.1) is 19.3 Å². The monoisotopic (exact) mass is 300 g/mol. The van der Waals surface area contributed by atoms with Gasteiger partial charge in [0, 0.05) is 32.7 Å². The third-order valence-corrected chi connectivity index (χ3v) is 4.76. The van der Waals surface area contributed by atoms with Crippen LogP contribution in [0.25, 0.3) is 0 Å². The molecular weight excluding hydrogens is 268 g/mol. The Bertz CT molecular complexity index is 325. The second-order valence-corrected chi connectivity index (χ2v) is 6.53. The van der Waals surface area contributed by atoms with Crippen LogP contribution in [0.4, 0.5) is 0 Å². The average Bonchev–Trinajstić information content (AvgIpc) is 2.43. The molecule has 0 saturated heterocycles. The molecule has 5 heteroatoms. The van der Waals surface area contributed by atoms with E-state index < -0.39 is 0 Å². The molecule has 0 aromatic carbocycles. The smallest absolute Gasteiger partial charge is 0.226 e. The highest BCUT2D eigenvalue weighted by molar-refractivity contribution is 5.79. The first kappa shape index (κ1) is 18.4. The van der Waals surface area contributed by atoms with Crippen LogP contribution < -0.4 is 5.73 Å². The highest BCUT2D eigenvalue weighted by Gasteiger charge is 2.37. The minimum atomic E-state index is 0.0207. The molecule has 5 unspecified atom stereocenters. The number of nitrogens with zero attached hydrogens (tertiary/aromatic N) is 1. The zero-order valence-electron chi connectivity index (χ0n) is 14.2. The molecule has 2 N–H and O–H groups in total. The number of hydrogen-bond acceptors (Lipinski definition) is 4. The van der Waals surface area contributed by atoms with E-state index in [1.54, 1.807) is 14.2 Å². The number of carbonyl (C=O) groups is 1. The summed E-state index contributed by atoms with van der Waals surface area (Å²) >= 11 is 0. The number of amides is 1. The van der Waals surface area contributed by atoms with Gasteiger partial charge < -0.3 is 20.1 Å². The lowest BCUT2D eigenvalue weighted by Crippen LogP contribution is -2.50. The molecule has 0 aromatic rings. The summed E-state index contributed by atoms with van der Waals surface area (Å²) in [5.41, 5.74) is 6.18. The molecular formula is C16H32N2O3. The van der Waals surface area contributed by atoms with Gasteiger partial charge in [-0.3, -0.25) is 4.79 Å². The van der Waals surface area contributed by atoms with E-state index in [1.807, 2.05) is 11.8 Å². The Morgan fingerprint density at radius 3 is 2.48 bits per heavy atom. The summed E-state index contributed by atoms with van der Waals surface area (Å²) in [6, 6.07) is 0.178. The normalized spacial score (nSPS) is 31.0. The second kappa shape index (κ2) is 8.71. The van der Waals surface area contributed by atoms with Gasteiger partial charge in [-0.25, -0.2) is 0 Å². The Labute approximate surface area is 129 Å². The van der Waals surface area contributed by atoms with Gasteiger partial charge in [-0.2, -0.15) is 0 Å². The van der Waals surface area contributed by atoms with Gasteiger partial charge in [0.15, 0.2) is 0 Å². The molecule has 1 saturated carbocycles. The van der Waals surface area contributed by atoms with Gasteiger partial charge in [-0.1, -0.05) is 13.8 Å². The van der Waals surface area contributed by atoms with Crippen LogP contribution in [0.3, 0.4) is 0 Å². The Balaban J connectivity index is 2.78. The van der Waals surface area contributed by atoms with E-state index in [-0.39, 0.29) is 23.9 Å². The van der Waals surface area contributed by atoms with E-state index in [9.17, 15) is 4.79 Å². The van der Waals surface area contributed by atoms with Crippen molar-refractivity contribution in [3.05, 3.63) is 0 Å². The van der Waals surface area contributed by atoms with Crippen LogP contribution >= 0.6 is 0 Å². The molecule has 0 aliphatic heterocycles. The molecule has 0 spiro atoms. The van der Waals surface area contributed by atoms with Gasteiger partial charge >= 0.3 is 0 Å². The fraction of sp³-hybridized carbons (Fsp3) is 0.938. The van der Waals surface area contributed by atoms with Crippen molar-refractivity contribution >= 4 is 5.91 Å². The summed E-state index contributed by atoms with van der Waals surface area (Å²) in [5, 5.41) is 0.